The summed E-state index contributed by atoms with van der Waals surface area (Å²) in [6, 6.07) is 1.64. The molecule has 2 atom stereocenters. The second-order valence-electron chi connectivity index (χ2n) is 7.14. The SMILES string of the molecule is Cc1c(F)cc2c3c(c(=O)n(C)c2c1F)OCC1CN(C)C(C)CN31. The fourth-order valence-corrected chi connectivity index (χ4v) is 3.89. The molecule has 2 aliphatic rings. The van der Waals surface area contributed by atoms with Crippen LogP contribution in [0.15, 0.2) is 10.9 Å². The van der Waals surface area contributed by atoms with Crippen molar-refractivity contribution in [2.45, 2.75) is 25.9 Å². The average Bonchev–Trinajstić information content (AvgIpc) is 2.57. The number of halogens is 2. The largest absolute Gasteiger partial charge is 0.484 e. The first-order valence-electron chi connectivity index (χ1n) is 8.42. The maximum absolute atomic E-state index is 14.8. The van der Waals surface area contributed by atoms with Gasteiger partial charge in [-0.2, -0.15) is 0 Å². The van der Waals surface area contributed by atoms with Crippen LogP contribution in [0, 0.1) is 18.6 Å². The van der Waals surface area contributed by atoms with Gasteiger partial charge in [0.1, 0.15) is 12.4 Å². The van der Waals surface area contributed by atoms with Gasteiger partial charge in [0.25, 0.3) is 5.56 Å². The van der Waals surface area contributed by atoms with E-state index in [0.29, 0.717) is 24.2 Å². The molecule has 0 radical (unpaired) electrons. The molecule has 5 nitrogen and oxygen atoms in total. The number of aryl methyl sites for hydroxylation is 1. The third-order valence-corrected chi connectivity index (χ3v) is 5.59. The van der Waals surface area contributed by atoms with E-state index in [1.165, 1.54) is 24.6 Å². The van der Waals surface area contributed by atoms with Crippen LogP contribution < -0.4 is 15.2 Å². The van der Waals surface area contributed by atoms with Gasteiger partial charge >= 0.3 is 0 Å². The lowest BCUT2D eigenvalue weighted by Crippen LogP contribution is -2.60. The summed E-state index contributed by atoms with van der Waals surface area (Å²) in [4.78, 5) is 17.0. The Morgan fingerprint density at radius 2 is 1.96 bits per heavy atom. The summed E-state index contributed by atoms with van der Waals surface area (Å²) in [6.07, 6.45) is 0. The van der Waals surface area contributed by atoms with E-state index in [-0.39, 0.29) is 28.9 Å². The van der Waals surface area contributed by atoms with Crippen molar-refractivity contribution in [1.82, 2.24) is 9.47 Å². The minimum atomic E-state index is -0.693. The van der Waals surface area contributed by atoms with E-state index in [9.17, 15) is 13.6 Å². The molecule has 1 aromatic heterocycles. The zero-order valence-corrected chi connectivity index (χ0v) is 14.8. The van der Waals surface area contributed by atoms with Gasteiger partial charge in [-0.15, -0.1) is 0 Å². The Labute approximate surface area is 144 Å². The van der Waals surface area contributed by atoms with E-state index in [4.69, 9.17) is 4.74 Å². The number of nitrogens with zero attached hydrogens (tertiary/aromatic N) is 3. The molecule has 0 aliphatic carbocycles. The third-order valence-electron chi connectivity index (χ3n) is 5.59. The molecule has 25 heavy (non-hydrogen) atoms. The average molecular weight is 349 g/mol. The molecule has 4 rings (SSSR count). The first-order valence-corrected chi connectivity index (χ1v) is 8.42. The molecule has 2 aromatic rings. The van der Waals surface area contributed by atoms with Gasteiger partial charge in [-0.3, -0.25) is 9.69 Å². The summed E-state index contributed by atoms with van der Waals surface area (Å²) in [6.45, 7) is 5.32. The van der Waals surface area contributed by atoms with Crippen molar-refractivity contribution < 1.29 is 13.5 Å². The van der Waals surface area contributed by atoms with E-state index < -0.39 is 17.2 Å². The maximum Gasteiger partial charge on any atom is 0.295 e. The van der Waals surface area contributed by atoms with Crippen LogP contribution in [0.1, 0.15) is 12.5 Å². The molecule has 1 aromatic carbocycles. The summed E-state index contributed by atoms with van der Waals surface area (Å²) in [5.41, 5.74) is 0.172. The Morgan fingerprint density at radius 3 is 2.68 bits per heavy atom. The lowest BCUT2D eigenvalue weighted by atomic mass is 10.0. The van der Waals surface area contributed by atoms with Crippen molar-refractivity contribution in [2.75, 3.05) is 31.6 Å². The van der Waals surface area contributed by atoms with Crippen molar-refractivity contribution in [2.24, 2.45) is 7.05 Å². The molecule has 0 saturated carbocycles. The van der Waals surface area contributed by atoms with Crippen molar-refractivity contribution in [3.8, 4) is 5.75 Å². The standard InChI is InChI=1S/C18H21F2N3O2/c1-9-6-23-11(7-21(9)3)8-25-17-16(23)12-5-13(19)10(2)14(20)15(12)22(4)18(17)24/h5,9,11H,6-8H2,1-4H3. The maximum atomic E-state index is 14.8. The number of anilines is 1. The van der Waals surface area contributed by atoms with E-state index in [1.54, 1.807) is 0 Å². The number of rotatable bonds is 0. The number of likely N-dealkylation sites (N-methyl/N-ethyl adjacent to an activating group) is 1. The van der Waals surface area contributed by atoms with Crippen LogP contribution in [0.3, 0.4) is 0 Å². The number of hydrogen-bond acceptors (Lipinski definition) is 4. The molecule has 7 heteroatoms. The summed E-state index contributed by atoms with van der Waals surface area (Å²) >= 11 is 0. The zero-order chi connectivity index (χ0) is 18.0. The second-order valence-corrected chi connectivity index (χ2v) is 7.14. The fraction of sp³-hybridized carbons (Fsp3) is 0.500. The number of pyridine rings is 1. The van der Waals surface area contributed by atoms with Crippen molar-refractivity contribution in [3.63, 3.8) is 0 Å². The molecule has 3 heterocycles. The second kappa shape index (κ2) is 5.42. The molecule has 0 spiro atoms. The molecular weight excluding hydrogens is 328 g/mol. The molecule has 1 fully saturated rings. The van der Waals surface area contributed by atoms with Crippen LogP contribution in [-0.4, -0.2) is 48.3 Å². The molecule has 2 aliphatic heterocycles. The molecule has 134 valence electrons. The van der Waals surface area contributed by atoms with Crippen LogP contribution in [0.5, 0.6) is 5.75 Å². The molecule has 2 unspecified atom stereocenters. The number of benzene rings is 1. The molecule has 1 saturated heterocycles. The van der Waals surface area contributed by atoms with Gasteiger partial charge in [-0.1, -0.05) is 0 Å². The molecule has 0 bridgehead atoms. The Morgan fingerprint density at radius 1 is 1.24 bits per heavy atom. The highest BCUT2D eigenvalue weighted by atomic mass is 19.1. The smallest absolute Gasteiger partial charge is 0.295 e. The number of piperazine rings is 1. The van der Waals surface area contributed by atoms with Gasteiger partial charge in [0.05, 0.1) is 17.2 Å². The van der Waals surface area contributed by atoms with E-state index in [2.05, 4.69) is 16.7 Å². The molecular formula is C18H21F2N3O2. The molecule has 0 N–H and O–H groups in total. The summed E-state index contributed by atoms with van der Waals surface area (Å²) in [7, 11) is 3.54. The number of aromatic nitrogens is 1. The van der Waals surface area contributed by atoms with Gasteiger partial charge < -0.3 is 14.2 Å². The van der Waals surface area contributed by atoms with Gasteiger partial charge in [0.15, 0.2) is 5.82 Å². The van der Waals surface area contributed by atoms with Gasteiger partial charge in [-0.05, 0) is 27.0 Å². The fourth-order valence-electron chi connectivity index (χ4n) is 3.89. The quantitative estimate of drug-likeness (QED) is 0.729. The van der Waals surface area contributed by atoms with Crippen LogP contribution in [0.25, 0.3) is 10.9 Å². The highest BCUT2D eigenvalue weighted by Gasteiger charge is 2.38. The Kier molecular flexibility index (Phi) is 3.54. The number of fused-ring (bicyclic) bond motifs is 5. The van der Waals surface area contributed by atoms with Gasteiger partial charge in [0.2, 0.25) is 5.75 Å². The van der Waals surface area contributed by atoms with E-state index in [0.717, 1.165) is 6.54 Å². The number of ether oxygens (including phenoxy) is 1. The van der Waals surface area contributed by atoms with Crippen molar-refractivity contribution in [3.05, 3.63) is 33.6 Å². The topological polar surface area (TPSA) is 37.7 Å². The summed E-state index contributed by atoms with van der Waals surface area (Å²) in [5.74, 6) is -1.12. The van der Waals surface area contributed by atoms with E-state index in [1.807, 2.05) is 7.05 Å². The first kappa shape index (κ1) is 16.3. The minimum absolute atomic E-state index is 0.0523. The predicted molar refractivity (Wildman–Crippen MR) is 92.6 cm³/mol. The van der Waals surface area contributed by atoms with Crippen LogP contribution in [-0.2, 0) is 7.05 Å². The predicted octanol–water partition coefficient (Wildman–Crippen LogP) is 2.03. The minimum Gasteiger partial charge on any atom is -0.484 e. The van der Waals surface area contributed by atoms with Crippen LogP contribution in [0.4, 0.5) is 14.5 Å². The Bertz CT molecular complexity index is 941. The first-order chi connectivity index (χ1) is 11.8. The zero-order valence-electron chi connectivity index (χ0n) is 14.8. The van der Waals surface area contributed by atoms with Gasteiger partial charge in [0, 0.05) is 37.1 Å². The van der Waals surface area contributed by atoms with Gasteiger partial charge in [-0.25, -0.2) is 8.78 Å². The Hall–Kier alpha value is -2.15. The third kappa shape index (κ3) is 2.18. The van der Waals surface area contributed by atoms with Crippen LogP contribution >= 0.6 is 0 Å². The highest BCUT2D eigenvalue weighted by molar-refractivity contribution is 5.96. The lowest BCUT2D eigenvalue weighted by molar-refractivity contribution is 0.151. The Balaban J connectivity index is 2.06. The van der Waals surface area contributed by atoms with Crippen LogP contribution in [0.2, 0.25) is 0 Å². The monoisotopic (exact) mass is 349 g/mol. The normalized spacial score (nSPS) is 23.4. The van der Waals surface area contributed by atoms with Crippen molar-refractivity contribution >= 4 is 16.6 Å². The number of hydrogen-bond donors (Lipinski definition) is 0. The lowest BCUT2D eigenvalue weighted by Gasteiger charge is -2.47. The van der Waals surface area contributed by atoms with E-state index >= 15 is 0 Å². The highest BCUT2D eigenvalue weighted by Crippen LogP contribution is 2.40. The summed E-state index contributed by atoms with van der Waals surface area (Å²) in [5, 5.41) is 0.388. The molecule has 0 amide bonds. The van der Waals surface area contributed by atoms with Crippen molar-refractivity contribution in [1.29, 1.82) is 0 Å². The summed E-state index contributed by atoms with van der Waals surface area (Å²) < 4.78 is 36.0.